The number of carboxylic acids is 1. The second-order valence-electron chi connectivity index (χ2n) is 5.44. The van der Waals surface area contributed by atoms with Gasteiger partial charge in [-0.1, -0.05) is 42.5 Å². The van der Waals surface area contributed by atoms with Crippen molar-refractivity contribution in [2.24, 2.45) is 0 Å². The van der Waals surface area contributed by atoms with Crippen molar-refractivity contribution in [3.05, 3.63) is 48.0 Å². The van der Waals surface area contributed by atoms with Crippen LogP contribution in [0.1, 0.15) is 18.4 Å². The van der Waals surface area contributed by atoms with Gasteiger partial charge in [-0.05, 0) is 48.7 Å². The van der Waals surface area contributed by atoms with E-state index in [9.17, 15) is 9.90 Å². The van der Waals surface area contributed by atoms with Gasteiger partial charge in [0.05, 0.1) is 0 Å². The molecule has 3 heteroatoms. The molecule has 0 amide bonds. The number of benzene rings is 2. The second-order valence-corrected chi connectivity index (χ2v) is 5.44. The highest BCUT2D eigenvalue weighted by Crippen LogP contribution is 2.22. The van der Waals surface area contributed by atoms with Crippen LogP contribution in [0.3, 0.4) is 0 Å². The molecule has 0 aromatic heterocycles. The molecule has 1 fully saturated rings. The Kier molecular flexibility index (Phi) is 3.70. The lowest BCUT2D eigenvalue weighted by atomic mass is 9.98. The standard InChI is InChI=1S/C17H19NO2/c19-17(20)16(18-10-3-4-11-18)12-14-8-5-7-13-6-1-2-9-15(13)14/h1-2,5-9,16H,3-4,10-12H2,(H,19,20)/t16-/m1/s1. The summed E-state index contributed by atoms with van der Waals surface area (Å²) < 4.78 is 0. The van der Waals surface area contributed by atoms with E-state index in [-0.39, 0.29) is 0 Å². The minimum absolute atomic E-state index is 0.400. The van der Waals surface area contributed by atoms with Crippen molar-refractivity contribution in [1.82, 2.24) is 4.90 Å². The van der Waals surface area contributed by atoms with Gasteiger partial charge in [0.1, 0.15) is 6.04 Å². The highest BCUT2D eigenvalue weighted by Gasteiger charge is 2.28. The van der Waals surface area contributed by atoms with Crippen molar-refractivity contribution < 1.29 is 9.90 Å². The first-order chi connectivity index (χ1) is 9.75. The summed E-state index contributed by atoms with van der Waals surface area (Å²) in [5.74, 6) is -0.708. The normalized spacial score (nSPS) is 17.4. The molecule has 1 aliphatic rings. The predicted molar refractivity (Wildman–Crippen MR) is 79.9 cm³/mol. The Balaban J connectivity index is 1.92. The van der Waals surface area contributed by atoms with E-state index in [1.54, 1.807) is 0 Å². The van der Waals surface area contributed by atoms with E-state index in [0.717, 1.165) is 31.5 Å². The summed E-state index contributed by atoms with van der Waals surface area (Å²) in [6, 6.07) is 13.9. The number of rotatable bonds is 4. The van der Waals surface area contributed by atoms with E-state index in [1.807, 2.05) is 24.3 Å². The molecule has 1 aliphatic heterocycles. The molecule has 3 rings (SSSR count). The molecule has 1 atom stereocenters. The Morgan fingerprint density at radius 2 is 1.80 bits per heavy atom. The monoisotopic (exact) mass is 269 g/mol. The van der Waals surface area contributed by atoms with E-state index in [0.29, 0.717) is 6.42 Å². The van der Waals surface area contributed by atoms with Gasteiger partial charge in [0.15, 0.2) is 0 Å². The minimum Gasteiger partial charge on any atom is -0.480 e. The fourth-order valence-electron chi connectivity index (χ4n) is 3.10. The summed E-state index contributed by atoms with van der Waals surface area (Å²) in [6.45, 7) is 1.81. The van der Waals surface area contributed by atoms with Crippen LogP contribution in [0.25, 0.3) is 10.8 Å². The van der Waals surface area contributed by atoms with Gasteiger partial charge in [0.2, 0.25) is 0 Å². The van der Waals surface area contributed by atoms with Gasteiger partial charge in [0, 0.05) is 0 Å². The molecule has 0 spiro atoms. The number of fused-ring (bicyclic) bond motifs is 1. The average molecular weight is 269 g/mol. The Morgan fingerprint density at radius 1 is 1.10 bits per heavy atom. The van der Waals surface area contributed by atoms with Gasteiger partial charge in [-0.2, -0.15) is 0 Å². The summed E-state index contributed by atoms with van der Waals surface area (Å²) in [6.07, 6.45) is 2.80. The van der Waals surface area contributed by atoms with E-state index in [1.165, 1.54) is 10.8 Å². The lowest BCUT2D eigenvalue weighted by Gasteiger charge is -2.24. The fourth-order valence-corrected chi connectivity index (χ4v) is 3.10. The molecule has 0 radical (unpaired) electrons. The number of nitrogens with zero attached hydrogens (tertiary/aromatic N) is 1. The van der Waals surface area contributed by atoms with Gasteiger partial charge in [-0.25, -0.2) is 0 Å². The molecule has 0 aliphatic carbocycles. The maximum absolute atomic E-state index is 11.6. The topological polar surface area (TPSA) is 40.5 Å². The molecule has 20 heavy (non-hydrogen) atoms. The Labute approximate surface area is 118 Å². The van der Waals surface area contributed by atoms with Crippen LogP contribution in [0.5, 0.6) is 0 Å². The Hall–Kier alpha value is -1.87. The fraction of sp³-hybridized carbons (Fsp3) is 0.353. The first-order valence-corrected chi connectivity index (χ1v) is 7.19. The number of hydrogen-bond acceptors (Lipinski definition) is 2. The zero-order valence-electron chi connectivity index (χ0n) is 11.5. The molecule has 104 valence electrons. The minimum atomic E-state index is -0.708. The largest absolute Gasteiger partial charge is 0.480 e. The van der Waals surface area contributed by atoms with Crippen LogP contribution in [0.4, 0.5) is 0 Å². The highest BCUT2D eigenvalue weighted by atomic mass is 16.4. The summed E-state index contributed by atoms with van der Waals surface area (Å²) in [5, 5.41) is 11.9. The SMILES string of the molecule is O=C(O)[C@@H](Cc1cccc2ccccc12)N1CCCC1. The third-order valence-corrected chi connectivity index (χ3v) is 4.16. The van der Waals surface area contributed by atoms with Crippen molar-refractivity contribution in [3.63, 3.8) is 0 Å². The van der Waals surface area contributed by atoms with Gasteiger partial charge in [0.25, 0.3) is 0 Å². The number of likely N-dealkylation sites (tertiary alicyclic amines) is 1. The third-order valence-electron chi connectivity index (χ3n) is 4.16. The van der Waals surface area contributed by atoms with Crippen molar-refractivity contribution in [3.8, 4) is 0 Å². The summed E-state index contributed by atoms with van der Waals surface area (Å²) >= 11 is 0. The highest BCUT2D eigenvalue weighted by molar-refractivity contribution is 5.86. The average Bonchev–Trinajstić information content (AvgIpc) is 2.98. The molecule has 2 aromatic carbocycles. The lowest BCUT2D eigenvalue weighted by Crippen LogP contribution is -2.40. The van der Waals surface area contributed by atoms with Crippen molar-refractivity contribution in [2.45, 2.75) is 25.3 Å². The van der Waals surface area contributed by atoms with Gasteiger partial charge in [-0.3, -0.25) is 9.69 Å². The van der Waals surface area contributed by atoms with Crippen molar-refractivity contribution in [2.75, 3.05) is 13.1 Å². The number of aliphatic carboxylic acids is 1. The number of carboxylic acid groups (broad SMARTS) is 1. The van der Waals surface area contributed by atoms with Crippen LogP contribution in [-0.4, -0.2) is 35.1 Å². The zero-order valence-corrected chi connectivity index (χ0v) is 11.5. The maximum atomic E-state index is 11.6. The molecular weight excluding hydrogens is 250 g/mol. The van der Waals surface area contributed by atoms with Crippen LogP contribution >= 0.6 is 0 Å². The summed E-state index contributed by atoms with van der Waals surface area (Å²) in [5.41, 5.74) is 1.13. The van der Waals surface area contributed by atoms with Crippen LogP contribution in [-0.2, 0) is 11.2 Å². The molecule has 0 bridgehead atoms. The Bertz CT molecular complexity index is 612. The van der Waals surface area contributed by atoms with E-state index in [4.69, 9.17) is 0 Å². The zero-order chi connectivity index (χ0) is 13.9. The molecule has 1 saturated heterocycles. The van der Waals surface area contributed by atoms with Crippen molar-refractivity contribution >= 4 is 16.7 Å². The number of hydrogen-bond donors (Lipinski definition) is 1. The smallest absolute Gasteiger partial charge is 0.321 e. The van der Waals surface area contributed by atoms with E-state index >= 15 is 0 Å². The summed E-state index contributed by atoms with van der Waals surface area (Å²) in [7, 11) is 0. The molecule has 0 unspecified atom stereocenters. The molecule has 1 N–H and O–H groups in total. The van der Waals surface area contributed by atoms with Gasteiger partial charge < -0.3 is 5.11 Å². The molecule has 2 aromatic rings. The van der Waals surface area contributed by atoms with Gasteiger partial charge >= 0.3 is 5.97 Å². The first-order valence-electron chi connectivity index (χ1n) is 7.19. The van der Waals surface area contributed by atoms with E-state index < -0.39 is 12.0 Å². The van der Waals surface area contributed by atoms with Crippen LogP contribution < -0.4 is 0 Å². The Morgan fingerprint density at radius 3 is 2.55 bits per heavy atom. The molecular formula is C17H19NO2. The van der Waals surface area contributed by atoms with Crippen molar-refractivity contribution in [1.29, 1.82) is 0 Å². The predicted octanol–water partition coefficient (Wildman–Crippen LogP) is 2.93. The molecule has 3 nitrogen and oxygen atoms in total. The van der Waals surface area contributed by atoms with Crippen LogP contribution in [0.15, 0.2) is 42.5 Å². The maximum Gasteiger partial charge on any atom is 0.321 e. The van der Waals surface area contributed by atoms with Crippen LogP contribution in [0, 0.1) is 0 Å². The van der Waals surface area contributed by atoms with Crippen LogP contribution in [0.2, 0.25) is 0 Å². The lowest BCUT2D eigenvalue weighted by molar-refractivity contribution is -0.142. The quantitative estimate of drug-likeness (QED) is 0.927. The second kappa shape index (κ2) is 5.63. The van der Waals surface area contributed by atoms with Gasteiger partial charge in [-0.15, -0.1) is 0 Å². The number of carbonyl (C=O) groups is 1. The molecule has 1 heterocycles. The van der Waals surface area contributed by atoms with E-state index in [2.05, 4.69) is 23.1 Å². The first kappa shape index (κ1) is 13.1. The summed E-state index contributed by atoms with van der Waals surface area (Å²) in [4.78, 5) is 13.7. The molecule has 0 saturated carbocycles. The third kappa shape index (κ3) is 2.54.